The number of hydrogen-bond acceptors (Lipinski definition) is 0. The van der Waals surface area contributed by atoms with Crippen LogP contribution < -0.4 is 0 Å². The maximum atomic E-state index is 2.45. The molecule has 0 amide bonds. The lowest BCUT2D eigenvalue weighted by Crippen LogP contribution is -2.19. The van der Waals surface area contributed by atoms with Crippen molar-refractivity contribution in [3.63, 3.8) is 0 Å². The summed E-state index contributed by atoms with van der Waals surface area (Å²) >= 11 is 0. The van der Waals surface area contributed by atoms with E-state index < -0.39 is 0 Å². The maximum absolute atomic E-state index is 2.45. The first-order valence-corrected chi connectivity index (χ1v) is 3.88. The number of hydrogen-bond donors (Lipinski definition) is 0. The highest BCUT2D eigenvalue weighted by Crippen LogP contribution is 2.94. The smallest absolute Gasteiger partial charge is 0.0131 e. The van der Waals surface area contributed by atoms with E-state index in [2.05, 4.69) is 26.0 Å². The van der Waals surface area contributed by atoms with Crippen molar-refractivity contribution in [2.24, 2.45) is 22.7 Å². The zero-order chi connectivity index (χ0) is 6.28. The molecule has 0 aromatic heterocycles. The number of fused-ring (bicyclic) bond motifs is 2. The summed E-state index contributed by atoms with van der Waals surface area (Å²) in [5, 5.41) is 0. The van der Waals surface area contributed by atoms with Gasteiger partial charge in [-0.25, -0.2) is 0 Å². The zero-order valence-electron chi connectivity index (χ0n) is 6.02. The van der Waals surface area contributed by atoms with Gasteiger partial charge in [0.15, 0.2) is 0 Å². The van der Waals surface area contributed by atoms with Gasteiger partial charge in [-0.1, -0.05) is 26.0 Å². The third-order valence-electron chi connectivity index (χ3n) is 4.31. The van der Waals surface area contributed by atoms with Crippen molar-refractivity contribution in [1.29, 1.82) is 0 Å². The highest BCUT2D eigenvalue weighted by atomic mass is 14.9. The van der Waals surface area contributed by atoms with Gasteiger partial charge in [-0.2, -0.15) is 0 Å². The van der Waals surface area contributed by atoms with Crippen molar-refractivity contribution in [1.82, 2.24) is 0 Å². The summed E-state index contributed by atoms with van der Waals surface area (Å²) < 4.78 is 0. The third kappa shape index (κ3) is 0.224. The molecule has 0 radical (unpaired) electrons. The van der Waals surface area contributed by atoms with Crippen molar-refractivity contribution >= 4 is 0 Å². The van der Waals surface area contributed by atoms with E-state index >= 15 is 0 Å². The topological polar surface area (TPSA) is 0 Å². The second-order valence-electron chi connectivity index (χ2n) is 4.34. The lowest BCUT2D eigenvalue weighted by atomic mass is 9.77. The molecular formula is C9H12. The van der Waals surface area contributed by atoms with Crippen LogP contribution in [0.2, 0.25) is 0 Å². The van der Waals surface area contributed by atoms with Crippen LogP contribution in [-0.2, 0) is 0 Å². The minimum absolute atomic E-state index is 0.756. The second-order valence-corrected chi connectivity index (χ2v) is 4.34. The Bertz CT molecular complexity index is 208. The summed E-state index contributed by atoms with van der Waals surface area (Å²) in [5.74, 6) is 2.09. The Balaban J connectivity index is 2.13. The van der Waals surface area contributed by atoms with E-state index in [1.807, 2.05) is 0 Å². The average Bonchev–Trinajstić information content (AvgIpc) is 2.57. The van der Waals surface area contributed by atoms with Crippen LogP contribution >= 0.6 is 0 Å². The van der Waals surface area contributed by atoms with Crippen LogP contribution in [0.4, 0.5) is 0 Å². The molecule has 2 fully saturated rings. The molecule has 0 heterocycles. The Morgan fingerprint density at radius 1 is 1.44 bits per heavy atom. The molecule has 0 aromatic carbocycles. The Morgan fingerprint density at radius 3 is 2.44 bits per heavy atom. The standard InChI is InChI=1S/C9H12/c1-8-5-3-4-6-7(8)9(6,8)2/h3-4,6-7H,5H2,1-2H3. The van der Waals surface area contributed by atoms with Gasteiger partial charge in [0.25, 0.3) is 0 Å². The predicted molar refractivity (Wildman–Crippen MR) is 37.0 cm³/mol. The highest BCUT2D eigenvalue weighted by Gasteiger charge is 2.89. The fourth-order valence-corrected chi connectivity index (χ4v) is 3.29. The van der Waals surface area contributed by atoms with Crippen LogP contribution in [0.15, 0.2) is 12.2 Å². The van der Waals surface area contributed by atoms with Crippen molar-refractivity contribution in [2.75, 3.05) is 0 Å². The fourth-order valence-electron chi connectivity index (χ4n) is 3.29. The van der Waals surface area contributed by atoms with Crippen LogP contribution in [0.5, 0.6) is 0 Å². The molecule has 3 aliphatic rings. The van der Waals surface area contributed by atoms with E-state index in [1.165, 1.54) is 6.42 Å². The van der Waals surface area contributed by atoms with E-state index in [0.29, 0.717) is 0 Å². The SMILES string of the molecule is CC12CC=CC3C1C32C. The second kappa shape index (κ2) is 0.817. The molecule has 3 rings (SSSR count). The minimum atomic E-state index is 0.756. The molecule has 0 N–H and O–H groups in total. The van der Waals surface area contributed by atoms with E-state index in [-0.39, 0.29) is 0 Å². The Hall–Kier alpha value is -0.260. The van der Waals surface area contributed by atoms with Crippen molar-refractivity contribution in [2.45, 2.75) is 20.3 Å². The van der Waals surface area contributed by atoms with Gasteiger partial charge >= 0.3 is 0 Å². The first kappa shape index (κ1) is 4.54. The molecule has 0 aromatic rings. The van der Waals surface area contributed by atoms with E-state index in [4.69, 9.17) is 0 Å². The number of rotatable bonds is 0. The molecule has 0 heteroatoms. The molecule has 0 aliphatic heterocycles. The van der Waals surface area contributed by atoms with Crippen LogP contribution in [0.3, 0.4) is 0 Å². The minimum Gasteiger partial charge on any atom is -0.0877 e. The number of allylic oxidation sites excluding steroid dienone is 2. The fraction of sp³-hybridized carbons (Fsp3) is 0.778. The molecular weight excluding hydrogens is 108 g/mol. The molecule has 9 heavy (non-hydrogen) atoms. The van der Waals surface area contributed by atoms with Crippen molar-refractivity contribution in [3.8, 4) is 0 Å². The van der Waals surface area contributed by atoms with Gasteiger partial charge in [0.2, 0.25) is 0 Å². The first-order valence-electron chi connectivity index (χ1n) is 3.88. The molecule has 0 spiro atoms. The van der Waals surface area contributed by atoms with Crippen LogP contribution in [0, 0.1) is 22.7 Å². The molecule has 0 saturated heterocycles. The van der Waals surface area contributed by atoms with Crippen LogP contribution in [0.1, 0.15) is 20.3 Å². The van der Waals surface area contributed by atoms with Crippen molar-refractivity contribution in [3.05, 3.63) is 12.2 Å². The summed E-state index contributed by atoms with van der Waals surface area (Å²) in [4.78, 5) is 0. The lowest BCUT2D eigenvalue weighted by Gasteiger charge is -2.27. The molecule has 4 atom stereocenters. The normalized spacial score (nSPS) is 73.6. The quantitative estimate of drug-likeness (QED) is 0.430. The van der Waals surface area contributed by atoms with Gasteiger partial charge in [0, 0.05) is 0 Å². The molecule has 2 saturated carbocycles. The summed E-state index contributed by atoms with van der Waals surface area (Å²) in [6, 6.07) is 0. The summed E-state index contributed by atoms with van der Waals surface area (Å²) in [6.07, 6.45) is 6.15. The average molecular weight is 120 g/mol. The van der Waals surface area contributed by atoms with Gasteiger partial charge in [-0.05, 0) is 29.1 Å². The monoisotopic (exact) mass is 120 g/mol. The highest BCUT2D eigenvalue weighted by molar-refractivity contribution is 5.43. The van der Waals surface area contributed by atoms with E-state index in [0.717, 1.165) is 22.7 Å². The van der Waals surface area contributed by atoms with Gasteiger partial charge in [0.05, 0.1) is 0 Å². The lowest BCUT2D eigenvalue weighted by molar-refractivity contribution is 0.283. The molecule has 48 valence electrons. The van der Waals surface area contributed by atoms with Crippen LogP contribution in [0.25, 0.3) is 0 Å². The summed E-state index contributed by atoms with van der Waals surface area (Å²) in [6.45, 7) is 4.89. The molecule has 0 nitrogen and oxygen atoms in total. The van der Waals surface area contributed by atoms with Gasteiger partial charge in [-0.15, -0.1) is 0 Å². The largest absolute Gasteiger partial charge is 0.0877 e. The molecule has 0 bridgehead atoms. The molecule has 3 aliphatic carbocycles. The van der Waals surface area contributed by atoms with Crippen molar-refractivity contribution < 1.29 is 0 Å². The Labute approximate surface area is 56.0 Å². The Kier molecular flexibility index (Phi) is 0.412. The summed E-state index contributed by atoms with van der Waals surface area (Å²) in [7, 11) is 0. The van der Waals surface area contributed by atoms with E-state index in [1.54, 1.807) is 0 Å². The zero-order valence-corrected chi connectivity index (χ0v) is 6.02. The third-order valence-corrected chi connectivity index (χ3v) is 4.31. The summed E-state index contributed by atoms with van der Waals surface area (Å²) in [5.41, 5.74) is 1.54. The van der Waals surface area contributed by atoms with Gasteiger partial charge < -0.3 is 0 Å². The maximum Gasteiger partial charge on any atom is -0.0131 e. The first-order chi connectivity index (χ1) is 4.21. The molecule has 4 unspecified atom stereocenters. The Morgan fingerprint density at radius 2 is 2.11 bits per heavy atom. The van der Waals surface area contributed by atoms with Gasteiger partial charge in [-0.3, -0.25) is 0 Å². The van der Waals surface area contributed by atoms with Crippen LogP contribution in [-0.4, -0.2) is 0 Å². The van der Waals surface area contributed by atoms with Gasteiger partial charge in [0.1, 0.15) is 0 Å². The van der Waals surface area contributed by atoms with E-state index in [9.17, 15) is 0 Å². The predicted octanol–water partition coefficient (Wildman–Crippen LogP) is 2.22.